The zero-order valence-corrected chi connectivity index (χ0v) is 11.8. The summed E-state index contributed by atoms with van der Waals surface area (Å²) in [6.45, 7) is 1.06. The number of nitrogens with one attached hydrogen (secondary N) is 1. The van der Waals surface area contributed by atoms with Crippen LogP contribution in [0.5, 0.6) is 0 Å². The Hall–Kier alpha value is -0.570. The molecule has 0 heterocycles. The van der Waals surface area contributed by atoms with Crippen molar-refractivity contribution in [2.24, 2.45) is 29.6 Å². The summed E-state index contributed by atoms with van der Waals surface area (Å²) < 4.78 is 0. The predicted molar refractivity (Wildman–Crippen MR) is 74.5 cm³/mol. The number of aliphatic hydroxyl groups is 1. The minimum Gasteiger partial charge on any atom is -0.396 e. The Kier molecular flexibility index (Phi) is 4.11. The molecule has 0 aliphatic heterocycles. The van der Waals surface area contributed by atoms with Crippen molar-refractivity contribution in [1.82, 2.24) is 5.32 Å². The topological polar surface area (TPSA) is 49.3 Å². The smallest absolute Gasteiger partial charge is 0.223 e. The molecule has 0 radical (unpaired) electrons. The van der Waals surface area contributed by atoms with E-state index in [4.69, 9.17) is 5.11 Å². The zero-order chi connectivity index (χ0) is 13.2. The third kappa shape index (κ3) is 2.81. The van der Waals surface area contributed by atoms with Gasteiger partial charge in [-0.05, 0) is 75.0 Å². The predicted octanol–water partition coefficient (Wildman–Crippen LogP) is 2.34. The van der Waals surface area contributed by atoms with Gasteiger partial charge in [-0.2, -0.15) is 0 Å². The first-order valence-corrected chi connectivity index (χ1v) is 8.16. The third-order valence-electron chi connectivity index (χ3n) is 5.66. The van der Waals surface area contributed by atoms with Crippen LogP contribution in [0.1, 0.15) is 51.4 Å². The first-order chi connectivity index (χ1) is 9.28. The summed E-state index contributed by atoms with van der Waals surface area (Å²) in [7, 11) is 0. The number of hydrogen-bond acceptors (Lipinski definition) is 2. The Morgan fingerprint density at radius 2 is 1.58 bits per heavy atom. The fourth-order valence-corrected chi connectivity index (χ4v) is 5.10. The Morgan fingerprint density at radius 1 is 0.947 bits per heavy atom. The Morgan fingerprint density at radius 3 is 2.16 bits per heavy atom. The molecule has 3 heteroatoms. The van der Waals surface area contributed by atoms with Crippen molar-refractivity contribution in [3.8, 4) is 0 Å². The van der Waals surface area contributed by atoms with E-state index in [2.05, 4.69) is 5.32 Å². The van der Waals surface area contributed by atoms with Gasteiger partial charge in [-0.15, -0.1) is 0 Å². The number of unbranched alkanes of at least 4 members (excludes halogenated alkanes) is 2. The number of amides is 1. The van der Waals surface area contributed by atoms with Gasteiger partial charge in [0.2, 0.25) is 5.91 Å². The molecule has 3 nitrogen and oxygen atoms in total. The van der Waals surface area contributed by atoms with Crippen molar-refractivity contribution in [3.63, 3.8) is 0 Å². The van der Waals surface area contributed by atoms with E-state index in [1.165, 1.54) is 32.1 Å². The first-order valence-electron chi connectivity index (χ1n) is 8.16. The molecule has 0 spiro atoms. The molecule has 1 amide bonds. The van der Waals surface area contributed by atoms with Gasteiger partial charge in [0, 0.05) is 19.1 Å². The van der Waals surface area contributed by atoms with Crippen molar-refractivity contribution in [2.75, 3.05) is 13.2 Å². The molecular formula is C16H27NO2. The monoisotopic (exact) mass is 265 g/mol. The zero-order valence-electron chi connectivity index (χ0n) is 11.8. The van der Waals surface area contributed by atoms with Crippen LogP contribution in [0.25, 0.3) is 0 Å². The van der Waals surface area contributed by atoms with Gasteiger partial charge in [0.25, 0.3) is 0 Å². The average molecular weight is 265 g/mol. The third-order valence-corrected chi connectivity index (χ3v) is 5.66. The molecule has 0 saturated heterocycles. The molecule has 4 aliphatic rings. The molecule has 4 aliphatic carbocycles. The summed E-state index contributed by atoms with van der Waals surface area (Å²) in [4.78, 5) is 12.4. The number of hydrogen-bond donors (Lipinski definition) is 2. The number of rotatable bonds is 6. The Balaban J connectivity index is 1.47. The first kappa shape index (κ1) is 13.4. The highest BCUT2D eigenvalue weighted by atomic mass is 16.2. The summed E-state index contributed by atoms with van der Waals surface area (Å²) in [5, 5.41) is 11.9. The summed E-state index contributed by atoms with van der Waals surface area (Å²) in [5.74, 6) is 3.91. The summed E-state index contributed by atoms with van der Waals surface area (Å²) in [6.07, 6.45) is 9.57. The van der Waals surface area contributed by atoms with Crippen LogP contribution in [-0.2, 0) is 4.79 Å². The van der Waals surface area contributed by atoms with Crippen LogP contribution in [-0.4, -0.2) is 24.2 Å². The lowest BCUT2D eigenvalue weighted by atomic mass is 9.51. The Bertz CT molecular complexity index is 301. The molecule has 4 rings (SSSR count). The number of carbonyl (C=O) groups is 1. The van der Waals surface area contributed by atoms with Crippen LogP contribution >= 0.6 is 0 Å². The summed E-state index contributed by atoms with van der Waals surface area (Å²) >= 11 is 0. The van der Waals surface area contributed by atoms with E-state index in [9.17, 15) is 4.79 Å². The van der Waals surface area contributed by atoms with Gasteiger partial charge < -0.3 is 10.4 Å². The highest BCUT2D eigenvalue weighted by molar-refractivity contribution is 5.79. The molecular weight excluding hydrogens is 238 g/mol. The average Bonchev–Trinajstić information content (AvgIpc) is 2.37. The van der Waals surface area contributed by atoms with Crippen LogP contribution in [0.4, 0.5) is 0 Å². The molecule has 0 aromatic rings. The van der Waals surface area contributed by atoms with Crippen LogP contribution < -0.4 is 5.32 Å². The molecule has 4 saturated carbocycles. The summed E-state index contributed by atoms with van der Waals surface area (Å²) in [5.41, 5.74) is 0. The van der Waals surface area contributed by atoms with Crippen molar-refractivity contribution >= 4 is 5.91 Å². The van der Waals surface area contributed by atoms with Gasteiger partial charge >= 0.3 is 0 Å². The highest BCUT2D eigenvalue weighted by Crippen LogP contribution is 2.56. The van der Waals surface area contributed by atoms with Crippen LogP contribution in [0, 0.1) is 29.6 Å². The van der Waals surface area contributed by atoms with Crippen LogP contribution in [0.2, 0.25) is 0 Å². The summed E-state index contributed by atoms with van der Waals surface area (Å²) in [6, 6.07) is 0. The minimum absolute atomic E-state index is 0.267. The minimum atomic E-state index is 0.267. The van der Waals surface area contributed by atoms with Crippen molar-refractivity contribution in [2.45, 2.75) is 51.4 Å². The van der Waals surface area contributed by atoms with Crippen LogP contribution in [0.15, 0.2) is 0 Å². The lowest BCUT2D eigenvalue weighted by Crippen LogP contribution is -2.51. The number of carbonyl (C=O) groups excluding carboxylic acids is 1. The van der Waals surface area contributed by atoms with Crippen LogP contribution in [0.3, 0.4) is 0 Å². The molecule has 0 unspecified atom stereocenters. The van der Waals surface area contributed by atoms with Gasteiger partial charge in [-0.3, -0.25) is 4.79 Å². The molecule has 0 aromatic carbocycles. The van der Waals surface area contributed by atoms with E-state index < -0.39 is 0 Å². The molecule has 0 aromatic heterocycles. The van der Waals surface area contributed by atoms with Crippen molar-refractivity contribution < 1.29 is 9.90 Å². The van der Waals surface area contributed by atoms with Crippen molar-refractivity contribution in [1.29, 1.82) is 0 Å². The number of aliphatic hydroxyl groups excluding tert-OH is 1. The second kappa shape index (κ2) is 5.82. The molecule has 19 heavy (non-hydrogen) atoms. The molecule has 0 atom stereocenters. The largest absolute Gasteiger partial charge is 0.396 e. The maximum absolute atomic E-state index is 12.4. The lowest BCUT2D eigenvalue weighted by molar-refractivity contribution is -0.138. The van der Waals surface area contributed by atoms with Gasteiger partial charge in [0.1, 0.15) is 0 Å². The van der Waals surface area contributed by atoms with Gasteiger partial charge in [0.05, 0.1) is 0 Å². The van der Waals surface area contributed by atoms with E-state index in [1.807, 2.05) is 0 Å². The SMILES string of the molecule is O=C(NCCCCCO)C1C2CC3CC(C2)CC1C3. The van der Waals surface area contributed by atoms with E-state index in [0.29, 0.717) is 23.7 Å². The standard InChI is InChI=1S/C16H27NO2/c18-5-3-1-2-4-17-16(19)15-13-7-11-6-12(9-13)10-14(15)8-11/h11-15,18H,1-10H2,(H,17,19). The molecule has 4 bridgehead atoms. The quantitative estimate of drug-likeness (QED) is 0.724. The maximum atomic E-state index is 12.4. The van der Waals surface area contributed by atoms with Crippen molar-refractivity contribution in [3.05, 3.63) is 0 Å². The second-order valence-electron chi connectivity index (χ2n) is 7.03. The Labute approximate surface area is 116 Å². The molecule has 108 valence electrons. The normalized spacial score (nSPS) is 39.5. The van der Waals surface area contributed by atoms with Gasteiger partial charge in [-0.1, -0.05) is 0 Å². The van der Waals surface area contributed by atoms with E-state index >= 15 is 0 Å². The fourth-order valence-electron chi connectivity index (χ4n) is 5.10. The fraction of sp³-hybridized carbons (Fsp3) is 0.938. The molecule has 2 N–H and O–H groups in total. The lowest BCUT2D eigenvalue weighted by Gasteiger charge is -2.53. The maximum Gasteiger partial charge on any atom is 0.223 e. The second-order valence-corrected chi connectivity index (χ2v) is 7.03. The van der Waals surface area contributed by atoms with Gasteiger partial charge in [-0.25, -0.2) is 0 Å². The van der Waals surface area contributed by atoms with Gasteiger partial charge in [0.15, 0.2) is 0 Å². The van der Waals surface area contributed by atoms with E-state index in [1.54, 1.807) is 0 Å². The molecule has 4 fully saturated rings. The van der Waals surface area contributed by atoms with E-state index in [0.717, 1.165) is 37.6 Å². The van der Waals surface area contributed by atoms with E-state index in [-0.39, 0.29) is 6.61 Å². The highest BCUT2D eigenvalue weighted by Gasteiger charge is 2.50.